The maximum Gasteiger partial charge on any atom is 0.143 e. The third kappa shape index (κ3) is 2.43. The average molecular weight is 240 g/mol. The molecule has 1 heterocycles. The minimum Gasteiger partial charge on any atom is -0.360 e. The minimum absolute atomic E-state index is 0.281. The summed E-state index contributed by atoms with van der Waals surface area (Å²) in [6.45, 7) is 4.15. The lowest BCUT2D eigenvalue weighted by Crippen LogP contribution is -1.94. The monoisotopic (exact) mass is 240 g/mol. The van der Waals surface area contributed by atoms with E-state index in [0.717, 1.165) is 22.6 Å². The van der Waals surface area contributed by atoms with Crippen molar-refractivity contribution in [2.45, 2.75) is 32.6 Å². The number of aromatic nitrogens is 1. The second kappa shape index (κ2) is 5.50. The van der Waals surface area contributed by atoms with E-state index in [9.17, 15) is 0 Å². The third-order valence-electron chi connectivity index (χ3n) is 2.88. The molecule has 0 amide bonds. The molecule has 0 bridgehead atoms. The summed E-state index contributed by atoms with van der Waals surface area (Å²) in [6, 6.07) is 12.1. The van der Waals surface area contributed by atoms with Crippen LogP contribution in [0.5, 0.6) is 0 Å². The van der Waals surface area contributed by atoms with Crippen LogP contribution in [0.15, 0.2) is 34.9 Å². The molecule has 0 fully saturated rings. The van der Waals surface area contributed by atoms with E-state index in [0.29, 0.717) is 12.8 Å². The van der Waals surface area contributed by atoms with Gasteiger partial charge in [0.1, 0.15) is 11.5 Å². The molecule has 1 aromatic carbocycles. The van der Waals surface area contributed by atoms with Crippen LogP contribution in [0.4, 0.5) is 0 Å². The molecule has 1 aromatic heterocycles. The van der Waals surface area contributed by atoms with Gasteiger partial charge in [0.05, 0.1) is 6.07 Å². The van der Waals surface area contributed by atoms with Crippen LogP contribution >= 0.6 is 0 Å². The fraction of sp³-hybridized carbons (Fsp3) is 0.333. The maximum atomic E-state index is 8.76. The highest BCUT2D eigenvalue weighted by atomic mass is 16.5. The van der Waals surface area contributed by atoms with E-state index in [-0.39, 0.29) is 5.92 Å². The molecule has 0 radical (unpaired) electrons. The first-order chi connectivity index (χ1) is 8.74. The Bertz CT molecular complexity index is 550. The molecular formula is C15H16N2O. The normalized spacial score (nSPS) is 10.6. The van der Waals surface area contributed by atoms with Crippen LogP contribution in [0.2, 0.25) is 0 Å². The summed E-state index contributed by atoms with van der Waals surface area (Å²) in [7, 11) is 0. The van der Waals surface area contributed by atoms with Crippen molar-refractivity contribution in [1.29, 1.82) is 5.26 Å². The zero-order chi connectivity index (χ0) is 13.0. The molecule has 3 heteroatoms. The Hall–Kier alpha value is -2.08. The lowest BCUT2D eigenvalue weighted by atomic mass is 9.98. The lowest BCUT2D eigenvalue weighted by Gasteiger charge is -2.04. The van der Waals surface area contributed by atoms with Crippen molar-refractivity contribution in [3.63, 3.8) is 0 Å². The number of benzene rings is 1. The summed E-state index contributed by atoms with van der Waals surface area (Å²) in [5.74, 6) is 1.17. The van der Waals surface area contributed by atoms with E-state index in [1.807, 2.05) is 30.3 Å². The Morgan fingerprint density at radius 1 is 1.28 bits per heavy atom. The topological polar surface area (TPSA) is 49.8 Å². The van der Waals surface area contributed by atoms with Gasteiger partial charge in [-0.05, 0) is 6.42 Å². The molecule has 0 spiro atoms. The lowest BCUT2D eigenvalue weighted by molar-refractivity contribution is 0.371. The Morgan fingerprint density at radius 3 is 2.61 bits per heavy atom. The van der Waals surface area contributed by atoms with Crippen LogP contribution < -0.4 is 0 Å². The van der Waals surface area contributed by atoms with Crippen LogP contribution in [0, 0.1) is 11.3 Å². The standard InChI is InChI=1S/C15H16N2O/c1-11(2)15-13(9-6-10-16)14(17-18-15)12-7-4-3-5-8-12/h3-5,7-8,11H,6,9H2,1-2H3. The molecule has 0 saturated carbocycles. The van der Waals surface area contributed by atoms with E-state index in [4.69, 9.17) is 9.78 Å². The predicted octanol–water partition coefficient (Wildman–Crippen LogP) is 3.92. The molecule has 92 valence electrons. The molecule has 0 saturated heterocycles. The van der Waals surface area contributed by atoms with Gasteiger partial charge in [0, 0.05) is 23.5 Å². The Labute approximate surface area is 107 Å². The fourth-order valence-corrected chi connectivity index (χ4v) is 2.02. The van der Waals surface area contributed by atoms with Crippen molar-refractivity contribution in [1.82, 2.24) is 5.16 Å². The zero-order valence-electron chi connectivity index (χ0n) is 10.7. The van der Waals surface area contributed by atoms with Crippen molar-refractivity contribution < 1.29 is 4.52 Å². The van der Waals surface area contributed by atoms with Crippen molar-refractivity contribution in [2.75, 3.05) is 0 Å². The van der Waals surface area contributed by atoms with Crippen LogP contribution in [0.1, 0.15) is 37.5 Å². The summed E-state index contributed by atoms with van der Waals surface area (Å²) < 4.78 is 5.45. The van der Waals surface area contributed by atoms with Crippen LogP contribution in [0.25, 0.3) is 11.3 Å². The predicted molar refractivity (Wildman–Crippen MR) is 70.0 cm³/mol. The van der Waals surface area contributed by atoms with Crippen molar-refractivity contribution >= 4 is 0 Å². The van der Waals surface area contributed by atoms with Gasteiger partial charge in [-0.15, -0.1) is 0 Å². The highest BCUT2D eigenvalue weighted by molar-refractivity contribution is 5.63. The van der Waals surface area contributed by atoms with Crippen molar-refractivity contribution in [3.05, 3.63) is 41.7 Å². The number of nitrogens with zero attached hydrogens (tertiary/aromatic N) is 2. The van der Waals surface area contributed by atoms with Gasteiger partial charge in [0.2, 0.25) is 0 Å². The first-order valence-corrected chi connectivity index (χ1v) is 6.15. The van der Waals surface area contributed by atoms with E-state index in [2.05, 4.69) is 25.1 Å². The van der Waals surface area contributed by atoms with Crippen LogP contribution in [0.3, 0.4) is 0 Å². The molecule has 0 atom stereocenters. The first kappa shape index (κ1) is 12.4. The Morgan fingerprint density at radius 2 is 2.00 bits per heavy atom. The maximum absolute atomic E-state index is 8.76. The Kier molecular flexibility index (Phi) is 3.78. The van der Waals surface area contributed by atoms with Gasteiger partial charge in [0.25, 0.3) is 0 Å². The van der Waals surface area contributed by atoms with Gasteiger partial charge < -0.3 is 4.52 Å². The quantitative estimate of drug-likeness (QED) is 0.813. The van der Waals surface area contributed by atoms with E-state index >= 15 is 0 Å². The summed E-state index contributed by atoms with van der Waals surface area (Å²) in [5.41, 5.74) is 2.98. The molecular weight excluding hydrogens is 224 g/mol. The summed E-state index contributed by atoms with van der Waals surface area (Å²) >= 11 is 0. The van der Waals surface area contributed by atoms with Gasteiger partial charge in [0.15, 0.2) is 0 Å². The summed E-state index contributed by atoms with van der Waals surface area (Å²) in [4.78, 5) is 0. The third-order valence-corrected chi connectivity index (χ3v) is 2.88. The number of nitriles is 1. The SMILES string of the molecule is CC(C)c1onc(-c2ccccc2)c1CCC#N. The van der Waals surface area contributed by atoms with Gasteiger partial charge in [-0.1, -0.05) is 49.3 Å². The van der Waals surface area contributed by atoms with E-state index < -0.39 is 0 Å². The van der Waals surface area contributed by atoms with Gasteiger partial charge in [-0.25, -0.2) is 0 Å². The molecule has 2 aromatic rings. The second-order valence-corrected chi connectivity index (χ2v) is 4.55. The molecule has 0 unspecified atom stereocenters. The van der Waals surface area contributed by atoms with Crippen molar-refractivity contribution in [3.8, 4) is 17.3 Å². The average Bonchev–Trinajstić information content (AvgIpc) is 2.81. The van der Waals surface area contributed by atoms with E-state index in [1.54, 1.807) is 0 Å². The second-order valence-electron chi connectivity index (χ2n) is 4.55. The molecule has 0 aliphatic rings. The largest absolute Gasteiger partial charge is 0.360 e. The summed E-state index contributed by atoms with van der Waals surface area (Å²) in [6.07, 6.45) is 1.18. The molecule has 0 N–H and O–H groups in total. The number of rotatable bonds is 4. The Balaban J connectivity index is 2.45. The minimum atomic E-state index is 0.281. The van der Waals surface area contributed by atoms with Crippen molar-refractivity contribution in [2.24, 2.45) is 0 Å². The zero-order valence-corrected chi connectivity index (χ0v) is 10.7. The van der Waals surface area contributed by atoms with Gasteiger partial charge in [-0.3, -0.25) is 0 Å². The molecule has 0 aliphatic carbocycles. The molecule has 0 aliphatic heterocycles. The molecule has 2 rings (SSSR count). The highest BCUT2D eigenvalue weighted by Crippen LogP contribution is 2.30. The van der Waals surface area contributed by atoms with Crippen LogP contribution in [-0.4, -0.2) is 5.16 Å². The van der Waals surface area contributed by atoms with Crippen LogP contribution in [-0.2, 0) is 6.42 Å². The first-order valence-electron chi connectivity index (χ1n) is 6.15. The molecule has 3 nitrogen and oxygen atoms in total. The molecule has 18 heavy (non-hydrogen) atoms. The summed E-state index contributed by atoms with van der Waals surface area (Å²) in [5, 5.41) is 12.9. The van der Waals surface area contributed by atoms with E-state index in [1.165, 1.54) is 0 Å². The number of hydrogen-bond acceptors (Lipinski definition) is 3. The van der Waals surface area contributed by atoms with Gasteiger partial charge in [-0.2, -0.15) is 5.26 Å². The highest BCUT2D eigenvalue weighted by Gasteiger charge is 2.19. The fourth-order valence-electron chi connectivity index (χ4n) is 2.02. The van der Waals surface area contributed by atoms with Gasteiger partial charge >= 0.3 is 0 Å². The smallest absolute Gasteiger partial charge is 0.143 e. The number of hydrogen-bond donors (Lipinski definition) is 0.